The molecule has 3 rings (SSSR count). The highest BCUT2D eigenvalue weighted by atomic mass is 32.2. The summed E-state index contributed by atoms with van der Waals surface area (Å²) in [4.78, 5) is 0.000636. The molecule has 0 amide bonds. The summed E-state index contributed by atoms with van der Waals surface area (Å²) in [5.74, 6) is 1.77. The van der Waals surface area contributed by atoms with Crippen molar-refractivity contribution in [3.63, 3.8) is 0 Å². The summed E-state index contributed by atoms with van der Waals surface area (Å²) in [6.45, 7) is 1.56. The molecular weight excluding hydrogens is 348 g/mol. The van der Waals surface area contributed by atoms with Gasteiger partial charge in [-0.25, -0.2) is 8.42 Å². The third-order valence-corrected chi connectivity index (χ3v) is 4.93. The molecule has 0 spiro atoms. The molecule has 0 saturated carbocycles. The number of hydrogen-bond acceptors (Lipinski definition) is 7. The molecular formula is C16H16N2O6S. The van der Waals surface area contributed by atoms with Crippen molar-refractivity contribution < 1.29 is 26.8 Å². The Balaban J connectivity index is 1.95. The van der Waals surface area contributed by atoms with Crippen molar-refractivity contribution in [1.82, 2.24) is 5.16 Å². The van der Waals surface area contributed by atoms with Gasteiger partial charge in [-0.15, -0.1) is 0 Å². The fourth-order valence-corrected chi connectivity index (χ4v) is 3.49. The first-order valence-electron chi connectivity index (χ1n) is 7.20. The van der Waals surface area contributed by atoms with Gasteiger partial charge in [0.15, 0.2) is 5.76 Å². The average molecular weight is 364 g/mol. The second-order valence-corrected chi connectivity index (χ2v) is 6.77. The third kappa shape index (κ3) is 3.45. The number of aromatic nitrogens is 1. The Morgan fingerprint density at radius 3 is 2.28 bits per heavy atom. The summed E-state index contributed by atoms with van der Waals surface area (Å²) in [6.07, 6.45) is 1.45. The monoisotopic (exact) mass is 364 g/mol. The summed E-state index contributed by atoms with van der Waals surface area (Å²) in [7, 11) is -0.915. The maximum absolute atomic E-state index is 12.7. The lowest BCUT2D eigenvalue weighted by Gasteiger charge is -2.10. The molecule has 2 aromatic heterocycles. The largest absolute Gasteiger partial charge is 0.497 e. The molecule has 0 aliphatic heterocycles. The van der Waals surface area contributed by atoms with Gasteiger partial charge in [-0.05, 0) is 6.92 Å². The van der Waals surface area contributed by atoms with Crippen LogP contribution in [0, 0.1) is 6.92 Å². The van der Waals surface area contributed by atoms with E-state index < -0.39 is 10.0 Å². The van der Waals surface area contributed by atoms with E-state index in [1.54, 1.807) is 31.2 Å². The van der Waals surface area contributed by atoms with E-state index in [4.69, 9.17) is 18.4 Å². The Morgan fingerprint density at radius 2 is 1.72 bits per heavy atom. The van der Waals surface area contributed by atoms with Gasteiger partial charge in [0.2, 0.25) is 5.76 Å². The van der Waals surface area contributed by atoms with Gasteiger partial charge in [0.05, 0.1) is 26.1 Å². The molecule has 25 heavy (non-hydrogen) atoms. The molecule has 0 fully saturated rings. The Morgan fingerprint density at radius 1 is 1.04 bits per heavy atom. The lowest BCUT2D eigenvalue weighted by atomic mass is 10.3. The molecule has 0 atom stereocenters. The minimum Gasteiger partial charge on any atom is -0.497 e. The SMILES string of the molecule is COc1cc(NS(=O)(=O)c2cc(-c3ccno3)oc2C)cc(OC)c1. The van der Waals surface area contributed by atoms with Crippen LogP contribution in [0.5, 0.6) is 11.5 Å². The van der Waals surface area contributed by atoms with E-state index in [-0.39, 0.29) is 16.4 Å². The number of nitrogens with zero attached hydrogens (tertiary/aromatic N) is 1. The van der Waals surface area contributed by atoms with Crippen LogP contribution in [0.4, 0.5) is 5.69 Å². The molecule has 9 heteroatoms. The van der Waals surface area contributed by atoms with E-state index in [0.717, 1.165) is 0 Å². The first-order valence-corrected chi connectivity index (χ1v) is 8.68. The van der Waals surface area contributed by atoms with Gasteiger partial charge in [-0.3, -0.25) is 4.72 Å². The quantitative estimate of drug-likeness (QED) is 0.717. The number of nitrogens with one attached hydrogen (secondary N) is 1. The number of rotatable bonds is 6. The number of methoxy groups -OCH3 is 2. The maximum Gasteiger partial charge on any atom is 0.265 e. The molecule has 2 heterocycles. The van der Waals surface area contributed by atoms with Crippen molar-refractivity contribution in [2.75, 3.05) is 18.9 Å². The van der Waals surface area contributed by atoms with Crippen molar-refractivity contribution in [2.24, 2.45) is 0 Å². The van der Waals surface area contributed by atoms with Crippen LogP contribution in [-0.2, 0) is 10.0 Å². The highest BCUT2D eigenvalue weighted by Crippen LogP contribution is 2.31. The predicted molar refractivity (Wildman–Crippen MR) is 89.3 cm³/mol. The normalized spacial score (nSPS) is 11.3. The van der Waals surface area contributed by atoms with E-state index in [1.807, 2.05) is 0 Å². The first-order chi connectivity index (χ1) is 11.9. The highest BCUT2D eigenvalue weighted by molar-refractivity contribution is 7.92. The molecule has 0 radical (unpaired) electrons. The van der Waals surface area contributed by atoms with Gasteiger partial charge in [0.1, 0.15) is 22.2 Å². The van der Waals surface area contributed by atoms with Crippen molar-refractivity contribution in [2.45, 2.75) is 11.8 Å². The summed E-state index contributed by atoms with van der Waals surface area (Å²) >= 11 is 0. The van der Waals surface area contributed by atoms with Gasteiger partial charge >= 0.3 is 0 Å². The summed E-state index contributed by atoms with van der Waals surface area (Å²) in [5, 5.41) is 3.58. The molecule has 8 nitrogen and oxygen atoms in total. The minimum absolute atomic E-state index is 0.000636. The topological polar surface area (TPSA) is 104 Å². The Labute approximate surface area is 144 Å². The van der Waals surface area contributed by atoms with Crippen LogP contribution in [0.15, 0.2) is 50.4 Å². The molecule has 0 aliphatic carbocycles. The third-order valence-electron chi connectivity index (χ3n) is 3.45. The Bertz CT molecular complexity index is 954. The van der Waals surface area contributed by atoms with Crippen LogP contribution in [0.1, 0.15) is 5.76 Å². The van der Waals surface area contributed by atoms with Crippen molar-refractivity contribution in [1.29, 1.82) is 0 Å². The van der Waals surface area contributed by atoms with Crippen LogP contribution in [0.25, 0.3) is 11.5 Å². The number of aryl methyl sites for hydroxylation is 1. The van der Waals surface area contributed by atoms with Crippen LogP contribution >= 0.6 is 0 Å². The summed E-state index contributed by atoms with van der Waals surface area (Å²) in [6, 6.07) is 7.70. The zero-order valence-electron chi connectivity index (χ0n) is 13.8. The summed E-state index contributed by atoms with van der Waals surface area (Å²) < 4.78 is 48.6. The smallest absolute Gasteiger partial charge is 0.265 e. The van der Waals surface area contributed by atoms with Crippen LogP contribution in [0.3, 0.4) is 0 Å². The van der Waals surface area contributed by atoms with Crippen molar-refractivity contribution in [3.8, 4) is 23.0 Å². The molecule has 132 valence electrons. The van der Waals surface area contributed by atoms with Gasteiger partial charge in [0.25, 0.3) is 10.0 Å². The Kier molecular flexibility index (Phi) is 4.41. The standard InChI is InChI=1S/C16H16N2O6S/c1-10-16(9-15(23-10)14-4-5-17-24-14)25(19,20)18-11-6-12(21-2)8-13(7-11)22-3/h4-9,18H,1-3H3. The number of anilines is 1. The number of furan rings is 1. The molecule has 0 unspecified atom stereocenters. The highest BCUT2D eigenvalue weighted by Gasteiger charge is 2.23. The second-order valence-electron chi connectivity index (χ2n) is 5.11. The fourth-order valence-electron chi connectivity index (χ4n) is 2.27. The van der Waals surface area contributed by atoms with Crippen molar-refractivity contribution >= 4 is 15.7 Å². The molecule has 1 N–H and O–H groups in total. The van der Waals surface area contributed by atoms with Crippen LogP contribution in [0.2, 0.25) is 0 Å². The number of hydrogen-bond donors (Lipinski definition) is 1. The lowest BCUT2D eigenvalue weighted by molar-refractivity contribution is 0.395. The first kappa shape index (κ1) is 16.9. The second kappa shape index (κ2) is 6.52. The van der Waals surface area contributed by atoms with E-state index >= 15 is 0 Å². The molecule has 1 aromatic carbocycles. The molecule has 0 bridgehead atoms. The van der Waals surface area contributed by atoms with E-state index in [1.165, 1.54) is 26.5 Å². The van der Waals surface area contributed by atoms with Gasteiger partial charge in [-0.2, -0.15) is 0 Å². The van der Waals surface area contributed by atoms with Crippen molar-refractivity contribution in [3.05, 3.63) is 42.3 Å². The minimum atomic E-state index is -3.88. The Hall–Kier alpha value is -2.94. The van der Waals surface area contributed by atoms with E-state index in [0.29, 0.717) is 22.9 Å². The molecule has 0 saturated heterocycles. The number of sulfonamides is 1. The molecule has 0 aliphatic rings. The van der Waals surface area contributed by atoms with E-state index in [2.05, 4.69) is 9.88 Å². The fraction of sp³-hybridized carbons (Fsp3) is 0.188. The number of ether oxygens (including phenoxy) is 2. The summed E-state index contributed by atoms with van der Waals surface area (Å²) in [5.41, 5.74) is 0.304. The van der Waals surface area contributed by atoms with Gasteiger partial charge in [0, 0.05) is 30.3 Å². The molecule has 3 aromatic rings. The maximum atomic E-state index is 12.7. The predicted octanol–water partition coefficient (Wildman–Crippen LogP) is 3.06. The van der Waals surface area contributed by atoms with Crippen LogP contribution in [-0.4, -0.2) is 27.8 Å². The zero-order chi connectivity index (χ0) is 18.0. The average Bonchev–Trinajstić information content (AvgIpc) is 3.23. The zero-order valence-corrected chi connectivity index (χ0v) is 14.6. The number of benzene rings is 1. The lowest BCUT2D eigenvalue weighted by Crippen LogP contribution is -2.13. The van der Waals surface area contributed by atoms with E-state index in [9.17, 15) is 8.42 Å². The van der Waals surface area contributed by atoms with Crippen LogP contribution < -0.4 is 14.2 Å². The van der Waals surface area contributed by atoms with Gasteiger partial charge < -0.3 is 18.4 Å². The van der Waals surface area contributed by atoms with Gasteiger partial charge in [-0.1, -0.05) is 5.16 Å².